The highest BCUT2D eigenvalue weighted by Crippen LogP contribution is 2.14. The lowest BCUT2D eigenvalue weighted by Gasteiger charge is -2.23. The highest BCUT2D eigenvalue weighted by Gasteiger charge is 2.14. The van der Waals surface area contributed by atoms with E-state index < -0.39 is 0 Å². The third-order valence-corrected chi connectivity index (χ3v) is 4.53. The minimum Gasteiger partial charge on any atom is -0.334 e. The fourth-order valence-electron chi connectivity index (χ4n) is 3.05. The van der Waals surface area contributed by atoms with Gasteiger partial charge in [-0.05, 0) is 17.5 Å². The molecule has 2 nitrogen and oxygen atoms in total. The van der Waals surface area contributed by atoms with Crippen LogP contribution in [0, 0.1) is 0 Å². The number of benzene rings is 2. The van der Waals surface area contributed by atoms with E-state index in [2.05, 4.69) is 31.2 Å². The lowest BCUT2D eigenvalue weighted by atomic mass is 10.1. The van der Waals surface area contributed by atoms with Crippen molar-refractivity contribution in [3.8, 4) is 0 Å². The Hall–Kier alpha value is -2.09. The SMILES string of the molecule is CCCCCCCCC(=O)N(Cc1ccccc1)Cc1ccccc1. The van der Waals surface area contributed by atoms with Crippen molar-refractivity contribution in [2.45, 2.75) is 65.0 Å². The van der Waals surface area contributed by atoms with Crippen molar-refractivity contribution in [2.75, 3.05) is 0 Å². The molecule has 0 heterocycles. The van der Waals surface area contributed by atoms with Gasteiger partial charge in [-0.15, -0.1) is 0 Å². The molecule has 0 aliphatic rings. The van der Waals surface area contributed by atoms with Crippen LogP contribution in [0.2, 0.25) is 0 Å². The van der Waals surface area contributed by atoms with E-state index in [-0.39, 0.29) is 5.91 Å². The first-order valence-electron chi connectivity index (χ1n) is 9.65. The summed E-state index contributed by atoms with van der Waals surface area (Å²) in [5.41, 5.74) is 2.38. The van der Waals surface area contributed by atoms with Crippen LogP contribution in [-0.4, -0.2) is 10.8 Å². The lowest BCUT2D eigenvalue weighted by Crippen LogP contribution is -2.29. The molecule has 0 radical (unpaired) electrons. The third kappa shape index (κ3) is 7.55. The van der Waals surface area contributed by atoms with Crippen molar-refractivity contribution in [1.82, 2.24) is 4.90 Å². The van der Waals surface area contributed by atoms with Gasteiger partial charge < -0.3 is 4.90 Å². The van der Waals surface area contributed by atoms with Gasteiger partial charge in [-0.25, -0.2) is 0 Å². The van der Waals surface area contributed by atoms with Gasteiger partial charge in [0.15, 0.2) is 0 Å². The Balaban J connectivity index is 1.90. The maximum Gasteiger partial charge on any atom is 0.223 e. The van der Waals surface area contributed by atoms with E-state index in [0.29, 0.717) is 19.5 Å². The molecule has 0 N–H and O–H groups in total. The first kappa shape index (κ1) is 19.2. The molecule has 2 aromatic rings. The predicted octanol–water partition coefficient (Wildman–Crippen LogP) is 5.97. The van der Waals surface area contributed by atoms with E-state index in [0.717, 1.165) is 12.8 Å². The Morgan fingerprint density at radius 3 is 1.72 bits per heavy atom. The van der Waals surface area contributed by atoms with Crippen molar-refractivity contribution < 1.29 is 4.79 Å². The number of amides is 1. The summed E-state index contributed by atoms with van der Waals surface area (Å²) in [6.07, 6.45) is 7.94. The van der Waals surface area contributed by atoms with E-state index in [9.17, 15) is 4.79 Å². The normalized spacial score (nSPS) is 10.6. The molecule has 0 spiro atoms. The smallest absolute Gasteiger partial charge is 0.223 e. The van der Waals surface area contributed by atoms with Gasteiger partial charge in [-0.3, -0.25) is 4.79 Å². The van der Waals surface area contributed by atoms with E-state index in [1.807, 2.05) is 41.3 Å². The maximum atomic E-state index is 12.8. The number of unbranched alkanes of at least 4 members (excludes halogenated alkanes) is 5. The number of hydrogen-bond acceptors (Lipinski definition) is 1. The molecule has 0 fully saturated rings. The summed E-state index contributed by atoms with van der Waals surface area (Å²) >= 11 is 0. The maximum absolute atomic E-state index is 12.8. The summed E-state index contributed by atoms with van der Waals surface area (Å²) in [4.78, 5) is 14.8. The summed E-state index contributed by atoms with van der Waals surface area (Å²) in [6, 6.07) is 20.6. The van der Waals surface area contributed by atoms with Crippen molar-refractivity contribution in [3.05, 3.63) is 71.8 Å². The summed E-state index contributed by atoms with van der Waals surface area (Å²) in [5, 5.41) is 0. The van der Waals surface area contributed by atoms with Gasteiger partial charge in [0.25, 0.3) is 0 Å². The fourth-order valence-corrected chi connectivity index (χ4v) is 3.05. The molecule has 0 unspecified atom stereocenters. The quantitative estimate of drug-likeness (QED) is 0.463. The summed E-state index contributed by atoms with van der Waals surface area (Å²) < 4.78 is 0. The third-order valence-electron chi connectivity index (χ3n) is 4.53. The highest BCUT2D eigenvalue weighted by molar-refractivity contribution is 5.76. The Labute approximate surface area is 152 Å². The van der Waals surface area contributed by atoms with Crippen LogP contribution >= 0.6 is 0 Å². The molecular weight excluding hydrogens is 306 g/mol. The van der Waals surface area contributed by atoms with Crippen molar-refractivity contribution >= 4 is 5.91 Å². The van der Waals surface area contributed by atoms with Crippen LogP contribution < -0.4 is 0 Å². The molecule has 0 atom stereocenters. The number of hydrogen-bond donors (Lipinski definition) is 0. The Morgan fingerprint density at radius 1 is 0.720 bits per heavy atom. The topological polar surface area (TPSA) is 20.3 Å². The molecule has 0 saturated heterocycles. The average molecular weight is 338 g/mol. The fraction of sp³-hybridized carbons (Fsp3) is 0.435. The van der Waals surface area contributed by atoms with Crippen molar-refractivity contribution in [3.63, 3.8) is 0 Å². The highest BCUT2D eigenvalue weighted by atomic mass is 16.2. The number of carbonyl (C=O) groups is 1. The van der Waals surface area contributed by atoms with E-state index in [1.54, 1.807) is 0 Å². The lowest BCUT2D eigenvalue weighted by molar-refractivity contribution is -0.132. The van der Waals surface area contributed by atoms with Gasteiger partial charge in [0.2, 0.25) is 5.91 Å². The molecule has 134 valence electrons. The number of nitrogens with zero attached hydrogens (tertiary/aromatic N) is 1. The van der Waals surface area contributed by atoms with Crippen molar-refractivity contribution in [2.24, 2.45) is 0 Å². The molecule has 0 aliphatic heterocycles. The molecule has 2 heteroatoms. The second-order valence-electron chi connectivity index (χ2n) is 6.74. The standard InChI is InChI=1S/C23H31NO/c1-2-3-4-5-6-13-18-23(25)24(19-21-14-9-7-10-15-21)20-22-16-11-8-12-17-22/h7-12,14-17H,2-6,13,18-20H2,1H3. The molecule has 2 rings (SSSR count). The molecule has 25 heavy (non-hydrogen) atoms. The van der Waals surface area contributed by atoms with Crippen LogP contribution in [-0.2, 0) is 17.9 Å². The van der Waals surface area contributed by atoms with Crippen LogP contribution in [0.4, 0.5) is 0 Å². The van der Waals surface area contributed by atoms with E-state index in [4.69, 9.17) is 0 Å². The first-order chi connectivity index (χ1) is 12.3. The van der Waals surface area contributed by atoms with Crippen molar-refractivity contribution in [1.29, 1.82) is 0 Å². The van der Waals surface area contributed by atoms with Crippen LogP contribution in [0.15, 0.2) is 60.7 Å². The zero-order valence-corrected chi connectivity index (χ0v) is 15.5. The zero-order valence-electron chi connectivity index (χ0n) is 15.5. The van der Waals surface area contributed by atoms with Gasteiger partial charge in [0.1, 0.15) is 0 Å². The Kier molecular flexibility index (Phi) is 8.82. The number of carbonyl (C=O) groups excluding carboxylic acids is 1. The minimum absolute atomic E-state index is 0.267. The van der Waals surface area contributed by atoms with Crippen LogP contribution in [0.3, 0.4) is 0 Å². The van der Waals surface area contributed by atoms with Crippen LogP contribution in [0.5, 0.6) is 0 Å². The Bertz CT molecular complexity index is 553. The first-order valence-corrected chi connectivity index (χ1v) is 9.65. The minimum atomic E-state index is 0.267. The molecule has 1 amide bonds. The van der Waals surface area contributed by atoms with Gasteiger partial charge >= 0.3 is 0 Å². The van der Waals surface area contributed by atoms with Crippen LogP contribution in [0.25, 0.3) is 0 Å². The van der Waals surface area contributed by atoms with E-state index >= 15 is 0 Å². The molecule has 0 bridgehead atoms. The van der Waals surface area contributed by atoms with Gasteiger partial charge in [0.05, 0.1) is 0 Å². The second-order valence-corrected chi connectivity index (χ2v) is 6.74. The average Bonchev–Trinajstić information content (AvgIpc) is 2.65. The summed E-state index contributed by atoms with van der Waals surface area (Å²) in [7, 11) is 0. The molecular formula is C23H31NO. The molecule has 0 saturated carbocycles. The zero-order chi connectivity index (χ0) is 17.7. The molecule has 2 aromatic carbocycles. The van der Waals surface area contributed by atoms with Gasteiger partial charge in [0, 0.05) is 19.5 Å². The van der Waals surface area contributed by atoms with E-state index in [1.165, 1.54) is 36.8 Å². The summed E-state index contributed by atoms with van der Waals surface area (Å²) in [5.74, 6) is 0.267. The molecule has 0 aromatic heterocycles. The van der Waals surface area contributed by atoms with Crippen LogP contribution in [0.1, 0.15) is 63.0 Å². The second kappa shape index (κ2) is 11.5. The van der Waals surface area contributed by atoms with Gasteiger partial charge in [-0.1, -0.05) is 99.7 Å². The number of rotatable bonds is 11. The van der Waals surface area contributed by atoms with Gasteiger partial charge in [-0.2, -0.15) is 0 Å². The molecule has 0 aliphatic carbocycles. The largest absolute Gasteiger partial charge is 0.334 e. The summed E-state index contributed by atoms with van der Waals surface area (Å²) in [6.45, 7) is 3.60. The monoisotopic (exact) mass is 337 g/mol. The Morgan fingerprint density at radius 2 is 1.20 bits per heavy atom. The predicted molar refractivity (Wildman–Crippen MR) is 105 cm³/mol.